The number of rotatable bonds is 16. The van der Waals surface area contributed by atoms with Gasteiger partial charge in [0.15, 0.2) is 12.2 Å². The number of hydrogen-bond donors (Lipinski definition) is 5. The molecule has 0 aliphatic carbocycles. The van der Waals surface area contributed by atoms with E-state index in [9.17, 15) is 42.0 Å². The number of fused-ring (bicyclic) bond motifs is 1. The fourth-order valence-corrected chi connectivity index (χ4v) is 6.30. The highest BCUT2D eigenvalue weighted by atomic mass is 19.4. The minimum Gasteiger partial charge on any atom is -0.479 e. The first-order chi connectivity index (χ1) is 28.5. The predicted molar refractivity (Wildman–Crippen MR) is 212 cm³/mol. The van der Waals surface area contributed by atoms with Crippen molar-refractivity contribution in [3.05, 3.63) is 135 Å². The van der Waals surface area contributed by atoms with Gasteiger partial charge in [0.2, 0.25) is 5.91 Å². The number of halogens is 4. The van der Waals surface area contributed by atoms with E-state index in [1.54, 1.807) is 47.0 Å². The number of carbonyl (C=O) groups is 3. The van der Waals surface area contributed by atoms with Crippen molar-refractivity contribution < 1.29 is 52.4 Å². The number of aromatic nitrogens is 2. The molecule has 5 rings (SSSR count). The number of alkyl halides is 3. The van der Waals surface area contributed by atoms with Crippen LogP contribution in [0.25, 0.3) is 22.0 Å². The normalized spacial score (nSPS) is 12.8. The van der Waals surface area contributed by atoms with Gasteiger partial charge in [-0.05, 0) is 78.2 Å². The van der Waals surface area contributed by atoms with Gasteiger partial charge in [0.25, 0.3) is 5.56 Å². The summed E-state index contributed by atoms with van der Waals surface area (Å²) in [5.74, 6) is -4.07. The average molecular weight is 834 g/mol. The molecule has 1 aromatic heterocycles. The molecule has 316 valence electrons. The molecule has 0 saturated carbocycles. The molecule has 0 aliphatic heterocycles. The maximum absolute atomic E-state index is 14.2. The largest absolute Gasteiger partial charge is 0.479 e. The van der Waals surface area contributed by atoms with Crippen molar-refractivity contribution >= 4 is 28.7 Å². The Labute approximate surface area is 341 Å². The molecule has 5 N–H and O–H groups in total. The summed E-state index contributed by atoms with van der Waals surface area (Å²) in [6.07, 6.45) is -8.18. The van der Waals surface area contributed by atoms with Crippen molar-refractivity contribution in [2.45, 2.75) is 57.5 Å². The number of aryl methyl sites for hydroxylation is 2. The van der Waals surface area contributed by atoms with Crippen LogP contribution in [-0.4, -0.2) is 91.1 Å². The van der Waals surface area contributed by atoms with Gasteiger partial charge >= 0.3 is 18.1 Å². The molecule has 3 atom stereocenters. The smallest absolute Gasteiger partial charge is 0.416 e. The zero-order valence-corrected chi connectivity index (χ0v) is 32.6. The molecule has 0 fully saturated rings. The van der Waals surface area contributed by atoms with Crippen LogP contribution in [0.5, 0.6) is 0 Å². The molecular weight excluding hydrogens is 790 g/mol. The monoisotopic (exact) mass is 833 g/mol. The molecule has 4 aromatic carbocycles. The lowest BCUT2D eigenvalue weighted by Gasteiger charge is -2.26. The second kappa shape index (κ2) is 21.0. The number of carboxylic acid groups (broad SMARTS) is 2. The molecule has 0 saturated heterocycles. The number of amides is 1. The van der Waals surface area contributed by atoms with Gasteiger partial charge in [-0.25, -0.2) is 14.0 Å². The van der Waals surface area contributed by atoms with Gasteiger partial charge < -0.3 is 35.2 Å². The quantitative estimate of drug-likeness (QED) is 0.0837. The van der Waals surface area contributed by atoms with Crippen LogP contribution in [0, 0.1) is 17.1 Å². The van der Waals surface area contributed by atoms with Gasteiger partial charge in [-0.1, -0.05) is 68.4 Å². The van der Waals surface area contributed by atoms with Crippen LogP contribution in [0.1, 0.15) is 48.0 Å². The lowest BCUT2D eigenvalue weighted by molar-refractivity contribution is -0.165. The maximum atomic E-state index is 14.2. The zero-order valence-electron chi connectivity index (χ0n) is 32.6. The fourth-order valence-electron chi connectivity index (χ4n) is 6.30. The first-order valence-corrected chi connectivity index (χ1v) is 18.8. The van der Waals surface area contributed by atoms with Gasteiger partial charge in [0.05, 0.1) is 22.0 Å². The van der Waals surface area contributed by atoms with Gasteiger partial charge in [0.1, 0.15) is 23.8 Å². The Morgan fingerprint density at radius 3 is 1.97 bits per heavy atom. The van der Waals surface area contributed by atoms with E-state index in [1.165, 1.54) is 24.3 Å². The topological polar surface area (TPSA) is 206 Å². The number of hydrogen-bond acceptors (Lipinski definition) is 9. The highest BCUT2D eigenvalue weighted by Crippen LogP contribution is 2.31. The summed E-state index contributed by atoms with van der Waals surface area (Å²) in [6.45, 7) is 6.81. The average Bonchev–Trinajstić information content (AvgIpc) is 3.23. The highest BCUT2D eigenvalue weighted by molar-refractivity contribution is 5.85. The van der Waals surface area contributed by atoms with E-state index >= 15 is 0 Å². The number of para-hydroxylation sites is 1. The number of nitriles is 1. The molecule has 60 heavy (non-hydrogen) atoms. The second-order valence-electron chi connectivity index (χ2n) is 13.5. The van der Waals surface area contributed by atoms with E-state index in [4.69, 9.17) is 20.4 Å². The highest BCUT2D eigenvalue weighted by Gasteiger charge is 2.31. The third-order valence-electron chi connectivity index (χ3n) is 9.66. The summed E-state index contributed by atoms with van der Waals surface area (Å²) in [5, 5.41) is 45.3. The minimum absolute atomic E-state index is 0.0865. The number of likely N-dealkylation sites (N-methyl/N-ethyl adjacent to an activating group) is 1. The van der Waals surface area contributed by atoms with Crippen LogP contribution in [0.15, 0.2) is 95.8 Å². The van der Waals surface area contributed by atoms with Crippen LogP contribution in [-0.2, 0) is 39.8 Å². The van der Waals surface area contributed by atoms with E-state index in [2.05, 4.69) is 15.2 Å². The van der Waals surface area contributed by atoms with Crippen molar-refractivity contribution in [1.82, 2.24) is 19.8 Å². The van der Waals surface area contributed by atoms with Gasteiger partial charge in [-0.3, -0.25) is 9.59 Å². The lowest BCUT2D eigenvalue weighted by Crippen LogP contribution is -2.40. The van der Waals surface area contributed by atoms with Gasteiger partial charge in [-0.2, -0.15) is 23.4 Å². The van der Waals surface area contributed by atoms with Crippen molar-refractivity contribution in [2.75, 3.05) is 26.2 Å². The Kier molecular flexibility index (Phi) is 16.2. The third kappa shape index (κ3) is 12.0. The molecule has 13 nitrogen and oxygen atoms in total. The summed E-state index contributed by atoms with van der Waals surface area (Å²) in [7, 11) is 0. The standard InChI is InChI=1S/C39H37F4N5O2.C4H6O6/c1-3-47(4-2)22-21-45-38(50)35(24-27-9-13-28(14-10-27)29-15-17-31(18-16-29)39(41,42)43)48-34-8-6-5-7-32(34)37(49)46-36(48)20-12-26-11-19-33(40)30(23-26)25-44;5-1(3(7)8)2(6)4(9)10/h5-11,13-19,23,35H,3-4,12,20-22,24H2,1-2H3,(H,45,50);1-2,5-6H,(H,7,8)(H,9,10). The molecule has 3 unspecified atom stereocenters. The number of aliphatic hydroxyl groups excluding tert-OH is 2. The summed E-state index contributed by atoms with van der Waals surface area (Å²) in [4.78, 5) is 53.6. The molecule has 17 heteroatoms. The molecule has 0 bridgehead atoms. The van der Waals surface area contributed by atoms with E-state index in [-0.39, 0.29) is 24.3 Å². The fraction of sp³-hybridized carbons (Fsp3) is 0.302. The summed E-state index contributed by atoms with van der Waals surface area (Å²) >= 11 is 0. The minimum atomic E-state index is -4.43. The van der Waals surface area contributed by atoms with Crippen molar-refractivity contribution in [2.24, 2.45) is 0 Å². The summed E-state index contributed by atoms with van der Waals surface area (Å²) < 4.78 is 55.1. The van der Waals surface area contributed by atoms with Crippen molar-refractivity contribution in [3.63, 3.8) is 0 Å². The number of nitrogens with one attached hydrogen (secondary N) is 1. The Bertz CT molecular complexity index is 2360. The number of benzene rings is 4. The predicted octanol–water partition coefficient (Wildman–Crippen LogP) is 5.00. The van der Waals surface area contributed by atoms with E-state index in [1.807, 2.05) is 32.0 Å². The van der Waals surface area contributed by atoms with E-state index < -0.39 is 53.3 Å². The molecule has 0 aliphatic rings. The lowest BCUT2D eigenvalue weighted by atomic mass is 9.98. The molecule has 0 radical (unpaired) electrons. The number of aliphatic carboxylic acids is 2. The van der Waals surface area contributed by atoms with Crippen LogP contribution >= 0.6 is 0 Å². The van der Waals surface area contributed by atoms with Crippen molar-refractivity contribution in [1.29, 1.82) is 5.26 Å². The SMILES string of the molecule is CCN(CC)CCNC(=O)C(Cc1ccc(-c2ccc(C(F)(F)F)cc2)cc1)n1c(CCc2ccc(F)c(C#N)c2)nc(=O)c2ccccc21.O=C(O)C(O)C(O)C(=O)O. The first-order valence-electron chi connectivity index (χ1n) is 18.8. The molecule has 0 spiro atoms. The molecule has 1 heterocycles. The number of carbonyl (C=O) groups excluding carboxylic acids is 1. The Morgan fingerprint density at radius 1 is 0.850 bits per heavy atom. The third-order valence-corrected chi connectivity index (χ3v) is 9.66. The van der Waals surface area contributed by atoms with Crippen molar-refractivity contribution in [3.8, 4) is 17.2 Å². The number of carboxylic acids is 2. The molecular formula is C43H43F4N5O8. The molecule has 5 aromatic rings. The molecule has 1 amide bonds. The first kappa shape index (κ1) is 46.2. The van der Waals surface area contributed by atoms with Gasteiger partial charge in [-0.15, -0.1) is 0 Å². The van der Waals surface area contributed by atoms with Crippen LogP contribution in [0.4, 0.5) is 17.6 Å². The summed E-state index contributed by atoms with van der Waals surface area (Å²) in [5.41, 5.74) is 2.08. The van der Waals surface area contributed by atoms with Crippen LogP contribution in [0.2, 0.25) is 0 Å². The maximum Gasteiger partial charge on any atom is 0.416 e. The number of aliphatic hydroxyl groups is 2. The Hall–Kier alpha value is -6.48. The van der Waals surface area contributed by atoms with E-state index in [0.29, 0.717) is 47.4 Å². The van der Waals surface area contributed by atoms with Crippen LogP contribution in [0.3, 0.4) is 0 Å². The van der Waals surface area contributed by atoms with Gasteiger partial charge in [0, 0.05) is 25.9 Å². The second-order valence-corrected chi connectivity index (χ2v) is 13.5. The summed E-state index contributed by atoms with van der Waals surface area (Å²) in [6, 6.07) is 24.5. The Balaban J connectivity index is 0.000000703. The van der Waals surface area contributed by atoms with Crippen LogP contribution < -0.4 is 10.9 Å². The number of nitrogens with zero attached hydrogens (tertiary/aromatic N) is 4. The Morgan fingerprint density at radius 2 is 1.42 bits per heavy atom. The van der Waals surface area contributed by atoms with E-state index in [0.717, 1.165) is 36.3 Å². The zero-order chi connectivity index (χ0) is 44.1.